The van der Waals surface area contributed by atoms with E-state index in [9.17, 15) is 9.59 Å². The number of nitrogens with one attached hydrogen (secondary N) is 1. The molecule has 32 heavy (non-hydrogen) atoms. The SMILES string of the molecule is CC(C)NC(=O)[C@@H](C)N(Cc1ccc(Br)cc1)C(=O)COc1ccc2ccccc2c1Br. The van der Waals surface area contributed by atoms with Crippen molar-refractivity contribution >= 4 is 54.4 Å². The van der Waals surface area contributed by atoms with Gasteiger partial charge in [0, 0.05) is 17.1 Å². The van der Waals surface area contributed by atoms with E-state index in [-0.39, 0.29) is 24.5 Å². The summed E-state index contributed by atoms with van der Waals surface area (Å²) in [5.41, 5.74) is 0.928. The lowest BCUT2D eigenvalue weighted by Gasteiger charge is -2.29. The Hall–Kier alpha value is -2.38. The predicted molar refractivity (Wildman–Crippen MR) is 135 cm³/mol. The summed E-state index contributed by atoms with van der Waals surface area (Å²) in [5, 5.41) is 4.97. The van der Waals surface area contributed by atoms with Crippen LogP contribution in [0.5, 0.6) is 5.75 Å². The monoisotopic (exact) mass is 560 g/mol. The van der Waals surface area contributed by atoms with Crippen LogP contribution in [-0.2, 0) is 16.1 Å². The van der Waals surface area contributed by atoms with Crippen LogP contribution >= 0.6 is 31.9 Å². The van der Waals surface area contributed by atoms with Gasteiger partial charge in [-0.3, -0.25) is 9.59 Å². The second kappa shape index (κ2) is 11.0. The Kier molecular flexibility index (Phi) is 8.32. The molecule has 3 rings (SSSR count). The summed E-state index contributed by atoms with van der Waals surface area (Å²) in [6, 6.07) is 18.8. The Bertz CT molecular complexity index is 1100. The molecule has 0 saturated carbocycles. The molecule has 0 fully saturated rings. The van der Waals surface area contributed by atoms with Crippen molar-refractivity contribution in [2.45, 2.75) is 39.4 Å². The molecular formula is C25H26Br2N2O3. The second-order valence-electron chi connectivity index (χ2n) is 7.87. The standard InChI is InChI=1S/C25H26Br2N2O3/c1-16(2)28-25(31)17(3)29(14-18-8-11-20(26)12-9-18)23(30)15-32-22-13-10-19-6-4-5-7-21(19)24(22)27/h4-13,16-17H,14-15H2,1-3H3,(H,28,31)/t17-/m1/s1. The maximum atomic E-state index is 13.2. The van der Waals surface area contributed by atoms with E-state index < -0.39 is 6.04 Å². The lowest BCUT2D eigenvalue weighted by atomic mass is 10.1. The molecule has 0 heterocycles. The number of benzene rings is 3. The lowest BCUT2D eigenvalue weighted by Crippen LogP contribution is -2.50. The zero-order valence-corrected chi connectivity index (χ0v) is 21.4. The maximum Gasteiger partial charge on any atom is 0.261 e. The number of carbonyl (C=O) groups excluding carboxylic acids is 2. The predicted octanol–water partition coefficient (Wildman–Crippen LogP) is 5.69. The lowest BCUT2D eigenvalue weighted by molar-refractivity contribution is -0.142. The molecule has 0 unspecified atom stereocenters. The fraction of sp³-hybridized carbons (Fsp3) is 0.280. The Morgan fingerprint density at radius 2 is 1.66 bits per heavy atom. The molecule has 5 nitrogen and oxygen atoms in total. The summed E-state index contributed by atoms with van der Waals surface area (Å²) < 4.78 is 7.63. The molecule has 1 N–H and O–H groups in total. The number of hydrogen-bond donors (Lipinski definition) is 1. The molecule has 7 heteroatoms. The molecule has 0 saturated heterocycles. The van der Waals surface area contributed by atoms with Gasteiger partial charge in [-0.15, -0.1) is 0 Å². The molecule has 0 aliphatic heterocycles. The topological polar surface area (TPSA) is 58.6 Å². The van der Waals surface area contributed by atoms with Crippen LogP contribution in [0, 0.1) is 0 Å². The number of carbonyl (C=O) groups is 2. The number of amides is 2. The van der Waals surface area contributed by atoms with Crippen molar-refractivity contribution in [3.05, 3.63) is 75.2 Å². The Labute approximate surface area is 205 Å². The molecule has 0 aliphatic rings. The van der Waals surface area contributed by atoms with Crippen molar-refractivity contribution in [3.63, 3.8) is 0 Å². The summed E-state index contributed by atoms with van der Waals surface area (Å²) in [6.45, 7) is 5.66. The Morgan fingerprint density at radius 3 is 2.34 bits per heavy atom. The molecular weight excluding hydrogens is 536 g/mol. The van der Waals surface area contributed by atoms with Gasteiger partial charge in [0.2, 0.25) is 5.91 Å². The largest absolute Gasteiger partial charge is 0.483 e. The number of halogens is 2. The number of ether oxygens (including phenoxy) is 1. The highest BCUT2D eigenvalue weighted by molar-refractivity contribution is 9.11. The normalized spacial score (nSPS) is 11.9. The number of hydrogen-bond acceptors (Lipinski definition) is 3. The molecule has 1 atom stereocenters. The maximum absolute atomic E-state index is 13.2. The van der Waals surface area contributed by atoms with Crippen molar-refractivity contribution in [2.75, 3.05) is 6.61 Å². The zero-order chi connectivity index (χ0) is 23.3. The third kappa shape index (κ3) is 6.11. The Balaban J connectivity index is 1.78. The molecule has 0 aliphatic carbocycles. The summed E-state index contributed by atoms with van der Waals surface area (Å²) in [6.07, 6.45) is 0. The first-order valence-electron chi connectivity index (χ1n) is 10.4. The molecule has 0 aromatic heterocycles. The minimum Gasteiger partial charge on any atom is -0.483 e. The van der Waals surface area contributed by atoms with E-state index in [1.165, 1.54) is 0 Å². The smallest absolute Gasteiger partial charge is 0.261 e. The van der Waals surface area contributed by atoms with E-state index in [0.717, 1.165) is 25.3 Å². The second-order valence-corrected chi connectivity index (χ2v) is 9.58. The van der Waals surface area contributed by atoms with Crippen LogP contribution in [0.2, 0.25) is 0 Å². The summed E-state index contributed by atoms with van der Waals surface area (Å²) in [4.78, 5) is 27.4. The van der Waals surface area contributed by atoms with Gasteiger partial charge in [-0.05, 0) is 71.2 Å². The first-order chi connectivity index (χ1) is 15.3. The van der Waals surface area contributed by atoms with Crippen molar-refractivity contribution in [1.82, 2.24) is 10.2 Å². The van der Waals surface area contributed by atoms with Gasteiger partial charge >= 0.3 is 0 Å². The first-order valence-corrected chi connectivity index (χ1v) is 12.0. The fourth-order valence-corrected chi connectivity index (χ4v) is 4.19. The van der Waals surface area contributed by atoms with Crippen molar-refractivity contribution in [3.8, 4) is 5.75 Å². The first kappa shape index (κ1) is 24.3. The third-order valence-corrected chi connectivity index (χ3v) is 6.39. The molecule has 3 aromatic carbocycles. The van der Waals surface area contributed by atoms with Gasteiger partial charge in [0.15, 0.2) is 6.61 Å². The van der Waals surface area contributed by atoms with Gasteiger partial charge in [0.05, 0.1) is 4.47 Å². The van der Waals surface area contributed by atoms with Crippen molar-refractivity contribution < 1.29 is 14.3 Å². The van der Waals surface area contributed by atoms with Crippen LogP contribution in [0.4, 0.5) is 0 Å². The minimum absolute atomic E-state index is 0.0145. The molecule has 2 amide bonds. The van der Waals surface area contributed by atoms with Crippen LogP contribution in [0.1, 0.15) is 26.3 Å². The molecule has 0 bridgehead atoms. The zero-order valence-electron chi connectivity index (χ0n) is 18.3. The number of fused-ring (bicyclic) bond motifs is 1. The van der Waals surface area contributed by atoms with E-state index in [2.05, 4.69) is 37.2 Å². The highest BCUT2D eigenvalue weighted by Gasteiger charge is 2.27. The van der Waals surface area contributed by atoms with E-state index in [1.807, 2.05) is 74.5 Å². The molecule has 3 aromatic rings. The van der Waals surface area contributed by atoms with E-state index in [0.29, 0.717) is 12.3 Å². The minimum atomic E-state index is -0.641. The highest BCUT2D eigenvalue weighted by atomic mass is 79.9. The molecule has 0 radical (unpaired) electrons. The van der Waals surface area contributed by atoms with Crippen LogP contribution < -0.4 is 10.1 Å². The van der Waals surface area contributed by atoms with Gasteiger partial charge in [-0.25, -0.2) is 0 Å². The fourth-order valence-electron chi connectivity index (χ4n) is 3.32. The van der Waals surface area contributed by atoms with Crippen molar-refractivity contribution in [1.29, 1.82) is 0 Å². The highest BCUT2D eigenvalue weighted by Crippen LogP contribution is 2.33. The van der Waals surface area contributed by atoms with Gasteiger partial charge in [-0.2, -0.15) is 0 Å². The van der Waals surface area contributed by atoms with Crippen LogP contribution in [0.3, 0.4) is 0 Å². The van der Waals surface area contributed by atoms with Crippen LogP contribution in [-0.4, -0.2) is 35.4 Å². The summed E-state index contributed by atoms with van der Waals surface area (Å²) >= 11 is 7.02. The third-order valence-electron chi connectivity index (χ3n) is 5.04. The average molecular weight is 562 g/mol. The van der Waals surface area contributed by atoms with Gasteiger partial charge < -0.3 is 15.0 Å². The summed E-state index contributed by atoms with van der Waals surface area (Å²) in [5.74, 6) is 0.122. The van der Waals surface area contributed by atoms with Crippen molar-refractivity contribution in [2.24, 2.45) is 0 Å². The molecule has 168 valence electrons. The van der Waals surface area contributed by atoms with Gasteiger partial charge in [-0.1, -0.05) is 58.4 Å². The summed E-state index contributed by atoms with van der Waals surface area (Å²) in [7, 11) is 0. The quantitative estimate of drug-likeness (QED) is 0.384. The van der Waals surface area contributed by atoms with Gasteiger partial charge in [0.1, 0.15) is 11.8 Å². The number of rotatable bonds is 8. The Morgan fingerprint density at radius 1 is 0.969 bits per heavy atom. The van der Waals surface area contributed by atoms with Gasteiger partial charge in [0.25, 0.3) is 5.91 Å². The average Bonchev–Trinajstić information content (AvgIpc) is 2.77. The van der Waals surface area contributed by atoms with E-state index in [1.54, 1.807) is 11.8 Å². The van der Waals surface area contributed by atoms with E-state index >= 15 is 0 Å². The van der Waals surface area contributed by atoms with Crippen LogP contribution in [0.25, 0.3) is 10.8 Å². The number of nitrogens with zero attached hydrogens (tertiary/aromatic N) is 1. The molecule has 0 spiro atoms. The van der Waals surface area contributed by atoms with Crippen LogP contribution in [0.15, 0.2) is 69.6 Å². The van der Waals surface area contributed by atoms with E-state index in [4.69, 9.17) is 4.74 Å².